The van der Waals surface area contributed by atoms with Gasteiger partial charge in [-0.1, -0.05) is 0 Å². The van der Waals surface area contributed by atoms with Crippen molar-refractivity contribution in [3.05, 3.63) is 27.1 Å². The first-order valence-electron chi connectivity index (χ1n) is 6.75. The van der Waals surface area contributed by atoms with Crippen LogP contribution in [0.3, 0.4) is 0 Å². The first-order valence-corrected chi connectivity index (χ1v) is 7.55. The topological polar surface area (TPSA) is 60.3 Å². The maximum absolute atomic E-state index is 11.6. The number of carbonyl (C=O) groups excluding carboxylic acids is 1. The molecule has 6 heteroatoms. The second kappa shape index (κ2) is 6.43. The lowest BCUT2D eigenvalue weighted by atomic mass is 9.93. The highest BCUT2D eigenvalue weighted by molar-refractivity contribution is 9.10. The van der Waals surface area contributed by atoms with Crippen LogP contribution >= 0.6 is 15.9 Å². The van der Waals surface area contributed by atoms with Gasteiger partial charge in [-0.2, -0.15) is 0 Å². The number of ether oxygens (including phenoxy) is 1. The van der Waals surface area contributed by atoms with Gasteiger partial charge in [-0.15, -0.1) is 0 Å². The molecule has 0 saturated heterocycles. The average molecular weight is 343 g/mol. The van der Waals surface area contributed by atoms with Crippen LogP contribution < -0.4 is 15.6 Å². The third kappa shape index (κ3) is 3.85. The maximum atomic E-state index is 11.6. The predicted molar refractivity (Wildman–Crippen MR) is 79.9 cm³/mol. The van der Waals surface area contributed by atoms with Gasteiger partial charge in [0, 0.05) is 32.3 Å². The van der Waals surface area contributed by atoms with Crippen LogP contribution in [0.25, 0.3) is 0 Å². The van der Waals surface area contributed by atoms with Crippen molar-refractivity contribution < 1.29 is 9.53 Å². The van der Waals surface area contributed by atoms with Crippen LogP contribution in [-0.4, -0.2) is 22.6 Å². The molecule has 0 unspecified atom stereocenters. The lowest BCUT2D eigenvalue weighted by Crippen LogP contribution is -2.38. The number of hydrogen-bond acceptors (Lipinski definition) is 3. The summed E-state index contributed by atoms with van der Waals surface area (Å²) in [5.74, 6) is 0.611. The van der Waals surface area contributed by atoms with Crippen molar-refractivity contribution in [2.45, 2.75) is 44.8 Å². The summed E-state index contributed by atoms with van der Waals surface area (Å²) in [6.07, 6.45) is 5.39. The Kier molecular flexibility index (Phi) is 4.86. The monoisotopic (exact) mass is 342 g/mol. The van der Waals surface area contributed by atoms with E-state index >= 15 is 0 Å². The van der Waals surface area contributed by atoms with Gasteiger partial charge in [0.1, 0.15) is 5.75 Å². The Labute approximate surface area is 126 Å². The van der Waals surface area contributed by atoms with E-state index in [0.29, 0.717) is 5.75 Å². The summed E-state index contributed by atoms with van der Waals surface area (Å²) < 4.78 is 8.19. The highest BCUT2D eigenvalue weighted by atomic mass is 79.9. The van der Waals surface area contributed by atoms with E-state index in [1.54, 1.807) is 20.2 Å². The molecule has 0 bridgehead atoms. The van der Waals surface area contributed by atoms with Gasteiger partial charge in [-0.3, -0.25) is 9.59 Å². The van der Waals surface area contributed by atoms with E-state index in [1.165, 1.54) is 10.6 Å². The van der Waals surface area contributed by atoms with Crippen molar-refractivity contribution in [3.63, 3.8) is 0 Å². The summed E-state index contributed by atoms with van der Waals surface area (Å²) in [4.78, 5) is 22.6. The number of nitrogens with one attached hydrogen (secondary N) is 1. The van der Waals surface area contributed by atoms with Crippen LogP contribution in [0.4, 0.5) is 0 Å². The van der Waals surface area contributed by atoms with Crippen LogP contribution in [0.15, 0.2) is 21.5 Å². The molecular weight excluding hydrogens is 324 g/mol. The number of carbonyl (C=O) groups is 1. The van der Waals surface area contributed by atoms with Gasteiger partial charge in [0.15, 0.2) is 0 Å². The molecule has 1 aromatic rings. The largest absolute Gasteiger partial charge is 0.489 e. The van der Waals surface area contributed by atoms with Crippen molar-refractivity contribution in [3.8, 4) is 5.75 Å². The minimum Gasteiger partial charge on any atom is -0.489 e. The fraction of sp³-hybridized carbons (Fsp3) is 0.571. The first-order chi connectivity index (χ1) is 9.45. The highest BCUT2D eigenvalue weighted by Gasteiger charge is 2.23. The van der Waals surface area contributed by atoms with Crippen LogP contribution in [0.1, 0.15) is 32.6 Å². The molecule has 0 radical (unpaired) electrons. The molecule has 1 fully saturated rings. The molecule has 1 aromatic heterocycles. The molecule has 1 saturated carbocycles. The van der Waals surface area contributed by atoms with E-state index in [2.05, 4.69) is 21.2 Å². The maximum Gasteiger partial charge on any atom is 0.254 e. The van der Waals surface area contributed by atoms with Gasteiger partial charge >= 0.3 is 0 Å². The fourth-order valence-electron chi connectivity index (χ4n) is 2.46. The summed E-state index contributed by atoms with van der Waals surface area (Å²) in [5.41, 5.74) is -0.0878. The molecule has 0 aliphatic heterocycles. The zero-order valence-corrected chi connectivity index (χ0v) is 13.3. The number of aryl methyl sites for hydroxylation is 1. The van der Waals surface area contributed by atoms with E-state index in [9.17, 15) is 9.59 Å². The lowest BCUT2D eigenvalue weighted by molar-refractivity contribution is -0.120. The molecule has 1 amide bonds. The highest BCUT2D eigenvalue weighted by Crippen LogP contribution is 2.28. The number of rotatable bonds is 3. The van der Waals surface area contributed by atoms with Gasteiger partial charge in [-0.25, -0.2) is 0 Å². The molecule has 1 heterocycles. The second-order valence-electron chi connectivity index (χ2n) is 5.23. The van der Waals surface area contributed by atoms with Crippen molar-refractivity contribution in [2.75, 3.05) is 0 Å². The molecule has 110 valence electrons. The summed E-state index contributed by atoms with van der Waals surface area (Å²) in [7, 11) is 1.70. The van der Waals surface area contributed by atoms with Crippen molar-refractivity contribution in [1.29, 1.82) is 0 Å². The number of nitrogens with zero attached hydrogens (tertiary/aromatic N) is 1. The quantitative estimate of drug-likeness (QED) is 0.913. The lowest BCUT2D eigenvalue weighted by Gasteiger charge is -2.29. The molecule has 5 nitrogen and oxygen atoms in total. The summed E-state index contributed by atoms with van der Waals surface area (Å²) in [6.45, 7) is 1.54. The van der Waals surface area contributed by atoms with E-state index < -0.39 is 0 Å². The van der Waals surface area contributed by atoms with Gasteiger partial charge in [0.2, 0.25) is 5.91 Å². The minimum atomic E-state index is -0.0878. The van der Waals surface area contributed by atoms with Crippen molar-refractivity contribution in [1.82, 2.24) is 9.88 Å². The molecule has 1 N–H and O–H groups in total. The Hall–Kier alpha value is -1.30. The zero-order chi connectivity index (χ0) is 14.7. The smallest absolute Gasteiger partial charge is 0.254 e. The average Bonchev–Trinajstić information content (AvgIpc) is 2.37. The number of hydrogen-bond donors (Lipinski definition) is 1. The van der Waals surface area contributed by atoms with Gasteiger partial charge in [-0.05, 0) is 41.6 Å². The Morgan fingerprint density at radius 3 is 2.65 bits per heavy atom. The van der Waals surface area contributed by atoms with Crippen LogP contribution in [0.2, 0.25) is 0 Å². The fourth-order valence-corrected chi connectivity index (χ4v) is 2.98. The van der Waals surface area contributed by atoms with Crippen LogP contribution in [-0.2, 0) is 11.8 Å². The molecule has 0 atom stereocenters. The van der Waals surface area contributed by atoms with Gasteiger partial charge < -0.3 is 14.6 Å². The second-order valence-corrected chi connectivity index (χ2v) is 6.08. The number of pyridine rings is 1. The molecule has 1 aliphatic carbocycles. The Morgan fingerprint density at radius 1 is 1.40 bits per heavy atom. The molecular formula is C14H19BrN2O3. The minimum absolute atomic E-state index is 0.0173. The number of halogens is 1. The Balaban J connectivity index is 1.94. The summed E-state index contributed by atoms with van der Waals surface area (Å²) in [5, 5.41) is 2.94. The first kappa shape index (κ1) is 15.1. The van der Waals surface area contributed by atoms with Gasteiger partial charge in [0.05, 0.1) is 10.6 Å². The molecule has 2 rings (SSSR count). The number of amides is 1. The Bertz CT molecular complexity index is 548. The third-order valence-corrected chi connectivity index (χ3v) is 4.12. The van der Waals surface area contributed by atoms with Crippen LogP contribution in [0.5, 0.6) is 5.75 Å². The SMILES string of the molecule is CC(=O)NC1CCC(Oc2cc(=O)n(C)cc2Br)CC1. The molecule has 20 heavy (non-hydrogen) atoms. The molecule has 1 aliphatic rings. The third-order valence-electron chi connectivity index (χ3n) is 3.52. The normalized spacial score (nSPS) is 22.4. The Morgan fingerprint density at radius 2 is 2.05 bits per heavy atom. The zero-order valence-electron chi connectivity index (χ0n) is 11.7. The van der Waals surface area contributed by atoms with Crippen molar-refractivity contribution >= 4 is 21.8 Å². The molecule has 0 aromatic carbocycles. The molecule has 0 spiro atoms. The van der Waals surface area contributed by atoms with E-state index in [-0.39, 0.29) is 23.6 Å². The predicted octanol–water partition coefficient (Wildman–Crippen LogP) is 1.97. The summed E-state index contributed by atoms with van der Waals surface area (Å²) >= 11 is 3.41. The van der Waals surface area contributed by atoms with E-state index in [0.717, 1.165) is 30.2 Å². The van der Waals surface area contributed by atoms with E-state index in [1.807, 2.05) is 0 Å². The van der Waals surface area contributed by atoms with E-state index in [4.69, 9.17) is 4.74 Å². The van der Waals surface area contributed by atoms with Crippen molar-refractivity contribution in [2.24, 2.45) is 7.05 Å². The van der Waals surface area contributed by atoms with Gasteiger partial charge in [0.25, 0.3) is 5.56 Å². The van der Waals surface area contributed by atoms with Crippen LogP contribution in [0, 0.1) is 0 Å². The number of aromatic nitrogens is 1. The summed E-state index contributed by atoms with van der Waals surface area (Å²) in [6, 6.07) is 1.75. The standard InChI is InChI=1S/C14H19BrN2O3/c1-9(18)16-10-3-5-11(6-4-10)20-13-7-14(19)17(2)8-12(13)15/h7-8,10-11H,3-6H2,1-2H3,(H,16,18).